The third kappa shape index (κ3) is 18.5. The minimum atomic E-state index is 0. The Morgan fingerprint density at radius 3 is 0.974 bits per heavy atom. The van der Waals surface area contributed by atoms with Gasteiger partial charge in [0.2, 0.25) is 0 Å². The van der Waals surface area contributed by atoms with Crippen LogP contribution in [0.5, 0.6) is 0 Å². The van der Waals surface area contributed by atoms with Crippen LogP contribution in [0.15, 0.2) is 12.1 Å². The maximum Gasteiger partial charge on any atom is 2.00 e. The van der Waals surface area contributed by atoms with Crippen molar-refractivity contribution in [2.75, 3.05) is 53.9 Å². The van der Waals surface area contributed by atoms with Crippen LogP contribution in [-0.2, 0) is 40.6 Å². The normalized spacial score (nSPS) is 12.2. The Kier molecular flexibility index (Phi) is 19.7. The molecule has 0 bridgehead atoms. The summed E-state index contributed by atoms with van der Waals surface area (Å²) >= 11 is 0. The van der Waals surface area contributed by atoms with Crippen LogP contribution >= 0.6 is 0 Å². The number of methoxy groups -OCH3 is 2. The zero-order chi connectivity index (χ0) is 29.6. The molecule has 0 amide bonds. The van der Waals surface area contributed by atoms with Crippen LogP contribution in [0.1, 0.15) is 106 Å². The van der Waals surface area contributed by atoms with Crippen LogP contribution in [0.3, 0.4) is 0 Å². The number of aromatic amines is 2. The molecule has 0 atom stereocenters. The molecule has 0 saturated heterocycles. The number of hydrogen-bond donors (Lipinski definition) is 0. The quantitative estimate of drug-likeness (QED) is 0.329. The zero-order valence-corrected chi connectivity index (χ0v) is 29.8. The molecule has 2 rings (SSSR count). The topological polar surface area (TPSA) is 93.4 Å². The van der Waals surface area contributed by atoms with E-state index in [0.29, 0.717) is 39.6 Å². The first kappa shape index (κ1) is 40.7. The molecule has 0 aliphatic rings. The molecule has 2 aromatic heterocycles. The fourth-order valence-corrected chi connectivity index (χ4v) is 2.79. The van der Waals surface area contributed by atoms with Crippen molar-refractivity contribution in [1.29, 1.82) is 0 Å². The van der Waals surface area contributed by atoms with E-state index >= 15 is 0 Å². The Morgan fingerprint density at radius 2 is 0.795 bits per heavy atom. The monoisotopic (exact) mass is 578 g/mol. The number of ether oxygens (including phenoxy) is 4. The average molecular weight is 579 g/mol. The Hall–Kier alpha value is -0.480. The van der Waals surface area contributed by atoms with E-state index in [1.165, 1.54) is 11.4 Å². The SMILES string of the molecule is CC(C)(C)c1cc(C(C)(C)C)[nH+][n-]1.CC(C)(C)c1cc(C(C)(C)C)[nH+][n-]1.COCCOCCOCCOC.[Ca+2]. The van der Waals surface area contributed by atoms with Gasteiger partial charge in [-0.3, -0.25) is 10.2 Å². The van der Waals surface area contributed by atoms with E-state index in [1.807, 2.05) is 0 Å². The number of H-pyrrole nitrogens is 2. The van der Waals surface area contributed by atoms with E-state index in [2.05, 4.69) is 116 Å². The second-order valence-corrected chi connectivity index (χ2v) is 13.5. The third-order valence-electron chi connectivity index (χ3n) is 5.54. The summed E-state index contributed by atoms with van der Waals surface area (Å²) in [4.78, 5) is 0. The summed E-state index contributed by atoms with van der Waals surface area (Å²) < 4.78 is 19.9. The van der Waals surface area contributed by atoms with Gasteiger partial charge in [-0.25, -0.2) is 0 Å². The number of hydrogen-bond acceptors (Lipinski definition) is 4. The van der Waals surface area contributed by atoms with Gasteiger partial charge in [0.1, 0.15) is 0 Å². The molecule has 0 fully saturated rings. The summed E-state index contributed by atoms with van der Waals surface area (Å²) in [6, 6.07) is 4.33. The van der Waals surface area contributed by atoms with E-state index in [-0.39, 0.29) is 59.4 Å². The van der Waals surface area contributed by atoms with Gasteiger partial charge in [0.15, 0.2) is 11.4 Å². The molecule has 0 aromatic carbocycles. The number of aromatic nitrogens is 4. The van der Waals surface area contributed by atoms with Crippen molar-refractivity contribution < 1.29 is 29.1 Å². The third-order valence-corrected chi connectivity index (χ3v) is 5.54. The smallest absolute Gasteiger partial charge is 0.416 e. The van der Waals surface area contributed by atoms with Crippen molar-refractivity contribution in [2.45, 2.75) is 105 Å². The molecule has 9 heteroatoms. The van der Waals surface area contributed by atoms with Crippen LogP contribution < -0.4 is 20.4 Å². The predicted molar refractivity (Wildman–Crippen MR) is 159 cm³/mol. The molecule has 2 heterocycles. The molecule has 0 radical (unpaired) electrons. The second kappa shape index (κ2) is 18.9. The molecule has 2 aromatic rings. The molecule has 0 aliphatic carbocycles. The first-order valence-electron chi connectivity index (χ1n) is 13.6. The van der Waals surface area contributed by atoms with Crippen LogP contribution in [0.25, 0.3) is 0 Å². The van der Waals surface area contributed by atoms with E-state index in [1.54, 1.807) is 14.2 Å². The van der Waals surface area contributed by atoms with Gasteiger partial charge in [-0.05, 0) is 23.0 Å². The molecular formula is C30H58CaN4O4+2. The minimum Gasteiger partial charge on any atom is -0.416 e. The van der Waals surface area contributed by atoms with Crippen molar-refractivity contribution >= 4 is 37.7 Å². The summed E-state index contributed by atoms with van der Waals surface area (Å²) in [6.07, 6.45) is 0. The maximum atomic E-state index is 5.16. The fraction of sp³-hybridized carbons (Fsp3) is 0.800. The van der Waals surface area contributed by atoms with Gasteiger partial charge in [-0.15, -0.1) is 0 Å². The maximum absolute atomic E-state index is 5.16. The molecule has 8 nitrogen and oxygen atoms in total. The number of nitrogens with one attached hydrogen (secondary N) is 2. The molecule has 0 aliphatic heterocycles. The predicted octanol–water partition coefficient (Wildman–Crippen LogP) is 4.04. The number of rotatable bonds is 9. The molecule has 222 valence electrons. The van der Waals surface area contributed by atoms with Crippen molar-refractivity contribution in [2.24, 2.45) is 0 Å². The Morgan fingerprint density at radius 1 is 0.513 bits per heavy atom. The van der Waals surface area contributed by atoms with E-state index in [0.717, 1.165) is 11.4 Å². The van der Waals surface area contributed by atoms with Gasteiger partial charge in [-0.1, -0.05) is 94.5 Å². The first-order valence-corrected chi connectivity index (χ1v) is 13.6. The molecular weight excluding hydrogens is 520 g/mol. The molecule has 2 N–H and O–H groups in total. The minimum absolute atomic E-state index is 0. The standard InChI is InChI=1S/2C11H20N2.C8H18O4.Ca/c2*1-10(2,3)8-7-9(13-12-8)11(4,5)6;1-9-3-5-11-7-8-12-6-4-10-2;/h2*7,12H,1-6H3;3-8H2,1-2H3;/q;;;+2. The van der Waals surface area contributed by atoms with Gasteiger partial charge in [0, 0.05) is 25.0 Å². The number of nitrogens with zero attached hydrogens (tertiary/aromatic N) is 2. The van der Waals surface area contributed by atoms with Gasteiger partial charge in [-0.2, -0.15) is 0 Å². The van der Waals surface area contributed by atoms with E-state index in [9.17, 15) is 0 Å². The summed E-state index contributed by atoms with van der Waals surface area (Å²) in [5.74, 6) is 0. The van der Waals surface area contributed by atoms with E-state index < -0.39 is 0 Å². The molecule has 0 saturated carbocycles. The van der Waals surface area contributed by atoms with Crippen LogP contribution in [0.4, 0.5) is 0 Å². The van der Waals surface area contributed by atoms with Gasteiger partial charge in [0.25, 0.3) is 0 Å². The van der Waals surface area contributed by atoms with Gasteiger partial charge < -0.3 is 29.1 Å². The van der Waals surface area contributed by atoms with Crippen LogP contribution in [0, 0.1) is 0 Å². The van der Waals surface area contributed by atoms with Gasteiger partial charge in [0.05, 0.1) is 39.6 Å². The molecule has 0 unspecified atom stereocenters. The van der Waals surface area contributed by atoms with Crippen molar-refractivity contribution in [3.05, 3.63) is 34.9 Å². The van der Waals surface area contributed by atoms with Gasteiger partial charge >= 0.3 is 37.7 Å². The summed E-state index contributed by atoms with van der Waals surface area (Å²) in [7, 11) is 3.30. The first-order chi connectivity index (χ1) is 17.3. The van der Waals surface area contributed by atoms with Crippen molar-refractivity contribution in [1.82, 2.24) is 10.2 Å². The van der Waals surface area contributed by atoms with Crippen LogP contribution in [-0.4, -0.2) is 91.6 Å². The summed E-state index contributed by atoms with van der Waals surface area (Å²) in [5.41, 5.74) is 5.29. The Bertz CT molecular complexity index is 740. The Labute approximate surface area is 269 Å². The molecule has 0 spiro atoms. The average Bonchev–Trinajstić information content (AvgIpc) is 3.46. The van der Waals surface area contributed by atoms with Crippen molar-refractivity contribution in [3.8, 4) is 0 Å². The largest absolute Gasteiger partial charge is 2.00 e. The van der Waals surface area contributed by atoms with E-state index in [4.69, 9.17) is 18.9 Å². The summed E-state index contributed by atoms with van der Waals surface area (Å²) in [5, 5.41) is 14.9. The second-order valence-electron chi connectivity index (χ2n) is 13.5. The Balaban J connectivity index is 0. The van der Waals surface area contributed by atoms with Crippen LogP contribution in [0.2, 0.25) is 0 Å². The zero-order valence-electron chi connectivity index (χ0n) is 27.6. The van der Waals surface area contributed by atoms with Crippen molar-refractivity contribution in [3.63, 3.8) is 0 Å². The molecule has 39 heavy (non-hydrogen) atoms. The fourth-order valence-electron chi connectivity index (χ4n) is 2.79. The summed E-state index contributed by atoms with van der Waals surface area (Å²) in [6.45, 7) is 30.0.